The van der Waals surface area contributed by atoms with E-state index < -0.39 is 0 Å². The fourth-order valence-electron chi connectivity index (χ4n) is 4.85. The number of pyridine rings is 2. The highest BCUT2D eigenvalue weighted by molar-refractivity contribution is 6.05. The molecule has 0 spiro atoms. The predicted molar refractivity (Wildman–Crippen MR) is 134 cm³/mol. The lowest BCUT2D eigenvalue weighted by molar-refractivity contribution is 0.0950. The molecule has 5 rings (SSSR count). The van der Waals surface area contributed by atoms with E-state index in [-0.39, 0.29) is 16.9 Å². The van der Waals surface area contributed by atoms with E-state index in [9.17, 15) is 9.59 Å². The Morgan fingerprint density at radius 1 is 1.09 bits per heavy atom. The largest absolute Gasteiger partial charge is 0.383 e. The summed E-state index contributed by atoms with van der Waals surface area (Å²) in [5.74, 6) is 0.297. The van der Waals surface area contributed by atoms with Gasteiger partial charge in [0.1, 0.15) is 17.0 Å². The van der Waals surface area contributed by atoms with Gasteiger partial charge in [-0.3, -0.25) is 14.0 Å². The number of rotatable bonds is 8. The molecule has 1 fully saturated rings. The minimum Gasteiger partial charge on any atom is -0.383 e. The molecule has 1 aliphatic rings. The zero-order chi connectivity index (χ0) is 23.7. The Morgan fingerprint density at radius 2 is 1.85 bits per heavy atom. The third-order valence-corrected chi connectivity index (χ3v) is 6.55. The fraction of sp³-hybridized carbons (Fsp3) is 0.400. The number of amides is 1. The van der Waals surface area contributed by atoms with Crippen molar-refractivity contribution < 1.29 is 9.53 Å². The highest BCUT2D eigenvalue weighted by Crippen LogP contribution is 2.26. The first kappa shape index (κ1) is 22.4. The molecule has 1 amide bonds. The van der Waals surface area contributed by atoms with Crippen LogP contribution in [0.3, 0.4) is 0 Å². The van der Waals surface area contributed by atoms with E-state index in [4.69, 9.17) is 9.72 Å². The van der Waals surface area contributed by atoms with Gasteiger partial charge in [-0.2, -0.15) is 0 Å². The van der Waals surface area contributed by atoms with Crippen molar-refractivity contribution in [1.29, 1.82) is 0 Å². The van der Waals surface area contributed by atoms with Gasteiger partial charge in [-0.15, -0.1) is 0 Å². The van der Waals surface area contributed by atoms with Gasteiger partial charge < -0.3 is 24.8 Å². The Morgan fingerprint density at radius 3 is 2.62 bits per heavy atom. The summed E-state index contributed by atoms with van der Waals surface area (Å²) >= 11 is 0. The van der Waals surface area contributed by atoms with Crippen LogP contribution in [0.1, 0.15) is 23.2 Å². The number of carbonyl (C=O) groups excluding carboxylic acids is 1. The number of nitrogens with one attached hydrogen (secondary N) is 2. The van der Waals surface area contributed by atoms with Crippen LogP contribution in [0, 0.1) is 0 Å². The van der Waals surface area contributed by atoms with Crippen LogP contribution in [0.15, 0.2) is 41.2 Å². The first-order valence-corrected chi connectivity index (χ1v) is 11.8. The summed E-state index contributed by atoms with van der Waals surface area (Å²) in [7, 11) is 3.52. The van der Waals surface area contributed by atoms with Gasteiger partial charge in [-0.25, -0.2) is 4.98 Å². The number of fused-ring (bicyclic) bond motifs is 5. The minimum atomic E-state index is -0.350. The second-order valence-electron chi connectivity index (χ2n) is 8.70. The van der Waals surface area contributed by atoms with Crippen molar-refractivity contribution in [3.05, 3.63) is 52.2 Å². The summed E-state index contributed by atoms with van der Waals surface area (Å²) in [6, 6.07) is 11.4. The Hall–Kier alpha value is -3.43. The highest BCUT2D eigenvalue weighted by atomic mass is 16.5. The smallest absolute Gasteiger partial charge is 0.259 e. The fourth-order valence-corrected chi connectivity index (χ4v) is 4.85. The zero-order valence-electron chi connectivity index (χ0n) is 19.6. The number of ether oxygens (including phenoxy) is 1. The van der Waals surface area contributed by atoms with Crippen LogP contribution in [-0.2, 0) is 11.8 Å². The van der Waals surface area contributed by atoms with Gasteiger partial charge in [-0.1, -0.05) is 12.1 Å². The van der Waals surface area contributed by atoms with E-state index in [2.05, 4.69) is 15.5 Å². The number of anilines is 1. The number of benzene rings is 1. The van der Waals surface area contributed by atoms with Crippen LogP contribution in [0.4, 0.5) is 5.82 Å². The third-order valence-electron chi connectivity index (χ3n) is 6.55. The summed E-state index contributed by atoms with van der Waals surface area (Å²) < 4.78 is 8.93. The van der Waals surface area contributed by atoms with Gasteiger partial charge in [-0.05, 0) is 50.2 Å². The summed E-state index contributed by atoms with van der Waals surface area (Å²) in [5, 5.41) is 6.63. The summed E-state index contributed by atoms with van der Waals surface area (Å²) in [6.07, 6.45) is 2.40. The number of hydrogen-bond acceptors (Lipinski definition) is 6. The summed E-state index contributed by atoms with van der Waals surface area (Å²) in [5.41, 5.74) is 2.70. The van der Waals surface area contributed by atoms with Crippen molar-refractivity contribution in [3.8, 4) is 0 Å². The molecule has 4 aromatic rings. The lowest BCUT2D eigenvalue weighted by Crippen LogP contribution is -2.36. The van der Waals surface area contributed by atoms with Gasteiger partial charge in [0.05, 0.1) is 23.0 Å². The van der Waals surface area contributed by atoms with Gasteiger partial charge in [0.25, 0.3) is 5.91 Å². The molecule has 178 valence electrons. The molecule has 0 unspecified atom stereocenters. The van der Waals surface area contributed by atoms with Crippen LogP contribution in [-0.4, -0.2) is 71.2 Å². The van der Waals surface area contributed by atoms with Crippen molar-refractivity contribution in [3.63, 3.8) is 0 Å². The highest BCUT2D eigenvalue weighted by Gasteiger charge is 2.24. The molecule has 0 bridgehead atoms. The number of para-hydroxylation sites is 2. The number of imidazole rings is 1. The number of hydrogen-bond donors (Lipinski definition) is 2. The molecule has 1 aliphatic heterocycles. The molecule has 3 aromatic heterocycles. The van der Waals surface area contributed by atoms with Crippen LogP contribution < -0.4 is 16.1 Å². The molecule has 4 heterocycles. The van der Waals surface area contributed by atoms with Crippen molar-refractivity contribution in [2.45, 2.75) is 12.8 Å². The van der Waals surface area contributed by atoms with Crippen molar-refractivity contribution in [2.24, 2.45) is 7.05 Å². The Bertz CT molecular complexity index is 1420. The van der Waals surface area contributed by atoms with Crippen molar-refractivity contribution in [2.75, 3.05) is 51.8 Å². The molecule has 1 saturated heterocycles. The average Bonchev–Trinajstić information content (AvgIpc) is 3.46. The molecule has 34 heavy (non-hydrogen) atoms. The zero-order valence-corrected chi connectivity index (χ0v) is 19.6. The topological polar surface area (TPSA) is 92.9 Å². The maximum atomic E-state index is 13.6. The lowest BCUT2D eigenvalue weighted by atomic mass is 10.1. The van der Waals surface area contributed by atoms with E-state index in [1.807, 2.05) is 40.3 Å². The quantitative estimate of drug-likeness (QED) is 0.390. The van der Waals surface area contributed by atoms with Gasteiger partial charge in [0.15, 0.2) is 5.65 Å². The van der Waals surface area contributed by atoms with Gasteiger partial charge >= 0.3 is 0 Å². The maximum absolute atomic E-state index is 13.6. The van der Waals surface area contributed by atoms with E-state index in [1.165, 1.54) is 12.8 Å². The molecule has 0 aliphatic carbocycles. The first-order chi connectivity index (χ1) is 16.6. The molecule has 0 radical (unpaired) electrons. The standard InChI is InChI=1S/C25H30N6O3/c1-29-18-7-3-4-8-19(18)31-23-17(9-10-20(28-23)26-12-16-34-2)22(32)21(25(29)31)24(33)27-11-15-30-13-5-6-14-30/h3-4,7-10H,5-6,11-16H2,1-2H3,(H,26,28)(H,27,33). The van der Waals surface area contributed by atoms with Crippen LogP contribution in [0.2, 0.25) is 0 Å². The molecule has 0 atom stereocenters. The summed E-state index contributed by atoms with van der Waals surface area (Å²) in [6.45, 7) is 4.56. The molecule has 9 heteroatoms. The van der Waals surface area contributed by atoms with Crippen LogP contribution in [0.25, 0.3) is 27.7 Å². The Labute approximate surface area is 197 Å². The monoisotopic (exact) mass is 462 g/mol. The van der Waals surface area contributed by atoms with Crippen molar-refractivity contribution in [1.82, 2.24) is 24.2 Å². The van der Waals surface area contributed by atoms with E-state index in [0.717, 1.165) is 30.7 Å². The Balaban J connectivity index is 1.64. The van der Waals surface area contributed by atoms with E-state index in [0.29, 0.717) is 42.2 Å². The predicted octanol–water partition coefficient (Wildman–Crippen LogP) is 2.22. The van der Waals surface area contributed by atoms with Crippen molar-refractivity contribution >= 4 is 39.4 Å². The number of nitrogens with zero attached hydrogens (tertiary/aromatic N) is 4. The average molecular weight is 463 g/mol. The number of likely N-dealkylation sites (tertiary alicyclic amines) is 1. The van der Waals surface area contributed by atoms with E-state index in [1.54, 1.807) is 19.2 Å². The third kappa shape index (κ3) is 3.91. The molecule has 9 nitrogen and oxygen atoms in total. The van der Waals surface area contributed by atoms with Crippen LogP contribution >= 0.6 is 0 Å². The second-order valence-corrected chi connectivity index (χ2v) is 8.70. The lowest BCUT2D eigenvalue weighted by Gasteiger charge is -2.15. The molecular weight excluding hydrogens is 432 g/mol. The normalized spacial score (nSPS) is 14.4. The maximum Gasteiger partial charge on any atom is 0.259 e. The van der Waals surface area contributed by atoms with Crippen LogP contribution in [0.5, 0.6) is 0 Å². The number of aromatic nitrogens is 3. The van der Waals surface area contributed by atoms with Gasteiger partial charge in [0, 0.05) is 33.8 Å². The summed E-state index contributed by atoms with van der Waals surface area (Å²) in [4.78, 5) is 34.1. The van der Waals surface area contributed by atoms with E-state index >= 15 is 0 Å². The SMILES string of the molecule is COCCNc1ccc2c(=O)c(C(=O)NCCN3CCCC3)c3n(C)c4ccccc4n3c2n1. The molecular formula is C25H30N6O3. The molecule has 0 saturated carbocycles. The molecule has 1 aromatic carbocycles. The number of carbonyl (C=O) groups is 1. The molecule has 2 N–H and O–H groups in total. The minimum absolute atomic E-state index is 0.148. The Kier molecular flexibility index (Phi) is 6.21. The number of aryl methyl sites for hydroxylation is 1. The number of methoxy groups -OCH3 is 1. The second kappa shape index (κ2) is 9.44. The first-order valence-electron chi connectivity index (χ1n) is 11.8. The van der Waals surface area contributed by atoms with Gasteiger partial charge in [0.2, 0.25) is 5.43 Å².